The lowest BCUT2D eigenvalue weighted by atomic mass is 10.1. The predicted octanol–water partition coefficient (Wildman–Crippen LogP) is 5.14. The lowest BCUT2D eigenvalue weighted by Crippen LogP contribution is -2.37. The van der Waals surface area contributed by atoms with E-state index in [1.54, 1.807) is 19.2 Å². The second kappa shape index (κ2) is 10.1. The average molecular weight is 403 g/mol. The van der Waals surface area contributed by atoms with E-state index in [4.69, 9.17) is 4.74 Å². The quantitative estimate of drug-likeness (QED) is 0.574. The number of carbonyl (C=O) groups is 2. The second-order valence-corrected chi connectivity index (χ2v) is 6.76. The van der Waals surface area contributed by atoms with Gasteiger partial charge in [-0.1, -0.05) is 55.5 Å². The van der Waals surface area contributed by atoms with Crippen LogP contribution in [-0.4, -0.2) is 30.4 Å². The number of carbonyl (C=O) groups excluding carboxylic acids is 2. The first-order chi connectivity index (χ1) is 14.6. The van der Waals surface area contributed by atoms with Crippen LogP contribution in [0.5, 0.6) is 11.5 Å². The fraction of sp³-hybridized carbons (Fsp3) is 0.167. The van der Waals surface area contributed by atoms with Crippen LogP contribution in [0.25, 0.3) is 0 Å². The Bertz CT molecular complexity index is 1010. The van der Waals surface area contributed by atoms with Crippen LogP contribution in [0.4, 0.5) is 16.2 Å². The molecule has 0 saturated carbocycles. The first kappa shape index (κ1) is 20.9. The molecule has 0 aliphatic rings. The minimum Gasteiger partial charge on any atom is -0.455 e. The van der Waals surface area contributed by atoms with Gasteiger partial charge in [0, 0.05) is 12.7 Å². The Labute approximate surface area is 176 Å². The summed E-state index contributed by atoms with van der Waals surface area (Å²) in [5, 5.41) is 5.67. The molecule has 6 nitrogen and oxygen atoms in total. The summed E-state index contributed by atoms with van der Waals surface area (Å²) in [6, 6.07) is 23.7. The molecular formula is C24H25N3O3. The molecule has 0 unspecified atom stereocenters. The Morgan fingerprint density at radius 3 is 2.20 bits per heavy atom. The molecular weight excluding hydrogens is 378 g/mol. The van der Waals surface area contributed by atoms with E-state index in [9.17, 15) is 9.59 Å². The number of nitrogens with zero attached hydrogens (tertiary/aromatic N) is 1. The Hall–Kier alpha value is -3.80. The molecule has 3 rings (SSSR count). The van der Waals surface area contributed by atoms with Gasteiger partial charge in [0.15, 0.2) is 5.75 Å². The van der Waals surface area contributed by atoms with Crippen molar-refractivity contribution in [3.8, 4) is 11.5 Å². The highest BCUT2D eigenvalue weighted by atomic mass is 16.5. The molecule has 0 atom stereocenters. The van der Waals surface area contributed by atoms with Crippen LogP contribution in [0.2, 0.25) is 0 Å². The number of hydrogen-bond acceptors (Lipinski definition) is 3. The van der Waals surface area contributed by atoms with Crippen molar-refractivity contribution < 1.29 is 14.3 Å². The van der Waals surface area contributed by atoms with Gasteiger partial charge in [0.1, 0.15) is 12.3 Å². The standard InChI is InChI=1S/C24H25N3O3/c1-3-18-11-7-8-14-20(18)25-23(28)17-27(2)24(29)26-21-15-9-10-16-22(21)30-19-12-5-4-6-13-19/h4-16H,3,17H2,1-2H3,(H,25,28)(H,26,29). The molecule has 0 radical (unpaired) electrons. The second-order valence-electron chi connectivity index (χ2n) is 6.76. The molecule has 3 aromatic rings. The monoisotopic (exact) mass is 403 g/mol. The van der Waals surface area contributed by atoms with Crippen molar-refractivity contribution in [1.82, 2.24) is 4.90 Å². The van der Waals surface area contributed by atoms with Gasteiger partial charge in [-0.3, -0.25) is 4.79 Å². The van der Waals surface area contributed by atoms with Gasteiger partial charge in [-0.25, -0.2) is 4.79 Å². The third-order valence-corrected chi connectivity index (χ3v) is 4.50. The minimum atomic E-state index is -0.405. The minimum absolute atomic E-state index is 0.0778. The van der Waals surface area contributed by atoms with Crippen molar-refractivity contribution in [1.29, 1.82) is 0 Å². The molecule has 0 saturated heterocycles. The number of urea groups is 1. The van der Waals surface area contributed by atoms with E-state index in [2.05, 4.69) is 10.6 Å². The van der Waals surface area contributed by atoms with Gasteiger partial charge >= 0.3 is 6.03 Å². The molecule has 0 aliphatic heterocycles. The number of para-hydroxylation sites is 4. The van der Waals surface area contributed by atoms with Crippen LogP contribution in [0, 0.1) is 0 Å². The maximum atomic E-state index is 12.6. The summed E-state index contributed by atoms with van der Waals surface area (Å²) in [6.45, 7) is 1.95. The maximum absolute atomic E-state index is 12.6. The molecule has 3 aromatic carbocycles. The van der Waals surface area contributed by atoms with Crippen molar-refractivity contribution in [2.45, 2.75) is 13.3 Å². The van der Waals surface area contributed by atoms with Gasteiger partial charge in [-0.2, -0.15) is 0 Å². The average Bonchev–Trinajstić information content (AvgIpc) is 2.76. The summed E-state index contributed by atoms with van der Waals surface area (Å²) in [7, 11) is 1.57. The molecule has 0 aliphatic carbocycles. The lowest BCUT2D eigenvalue weighted by Gasteiger charge is -2.19. The molecule has 0 bridgehead atoms. The van der Waals surface area contributed by atoms with Gasteiger partial charge in [0.25, 0.3) is 0 Å². The van der Waals surface area contributed by atoms with Gasteiger partial charge in [-0.15, -0.1) is 0 Å². The highest BCUT2D eigenvalue weighted by Gasteiger charge is 2.16. The number of ether oxygens (including phenoxy) is 1. The van der Waals surface area contributed by atoms with Gasteiger partial charge in [0.05, 0.1) is 5.69 Å². The third-order valence-electron chi connectivity index (χ3n) is 4.50. The number of aryl methyl sites for hydroxylation is 1. The number of anilines is 2. The van der Waals surface area contributed by atoms with E-state index in [1.807, 2.05) is 73.7 Å². The highest BCUT2D eigenvalue weighted by molar-refractivity contribution is 5.97. The molecule has 0 aromatic heterocycles. The topological polar surface area (TPSA) is 70.7 Å². The number of rotatable bonds is 7. The van der Waals surface area contributed by atoms with Crippen molar-refractivity contribution in [3.63, 3.8) is 0 Å². The molecule has 154 valence electrons. The van der Waals surface area contributed by atoms with Gasteiger partial charge in [-0.05, 0) is 42.3 Å². The van der Waals surface area contributed by atoms with Gasteiger partial charge in [0.2, 0.25) is 5.91 Å². The summed E-state index contributed by atoms with van der Waals surface area (Å²) in [6.07, 6.45) is 0.810. The highest BCUT2D eigenvalue weighted by Crippen LogP contribution is 2.29. The summed E-state index contributed by atoms with van der Waals surface area (Å²) in [5.74, 6) is 0.927. The zero-order valence-corrected chi connectivity index (χ0v) is 17.1. The lowest BCUT2D eigenvalue weighted by molar-refractivity contribution is -0.116. The molecule has 6 heteroatoms. The number of benzene rings is 3. The van der Waals surface area contributed by atoms with Crippen LogP contribution in [0.15, 0.2) is 78.9 Å². The van der Waals surface area contributed by atoms with Crippen LogP contribution < -0.4 is 15.4 Å². The Balaban J connectivity index is 1.61. The smallest absolute Gasteiger partial charge is 0.322 e. The molecule has 2 N–H and O–H groups in total. The number of nitrogens with one attached hydrogen (secondary N) is 2. The van der Waals surface area contributed by atoms with Crippen molar-refractivity contribution in [3.05, 3.63) is 84.4 Å². The van der Waals surface area contributed by atoms with E-state index in [0.717, 1.165) is 17.7 Å². The normalized spacial score (nSPS) is 10.2. The zero-order chi connectivity index (χ0) is 21.3. The predicted molar refractivity (Wildman–Crippen MR) is 119 cm³/mol. The first-order valence-electron chi connectivity index (χ1n) is 9.78. The molecule has 0 heterocycles. The van der Waals surface area contributed by atoms with Crippen molar-refractivity contribution in [2.75, 3.05) is 24.2 Å². The summed E-state index contributed by atoms with van der Waals surface area (Å²) < 4.78 is 5.86. The Kier molecular flexibility index (Phi) is 7.05. The van der Waals surface area contributed by atoms with Crippen LogP contribution >= 0.6 is 0 Å². The SMILES string of the molecule is CCc1ccccc1NC(=O)CN(C)C(=O)Nc1ccccc1Oc1ccccc1. The largest absolute Gasteiger partial charge is 0.455 e. The third kappa shape index (κ3) is 5.61. The number of hydrogen-bond donors (Lipinski definition) is 2. The molecule has 3 amide bonds. The van der Waals surface area contributed by atoms with E-state index in [0.29, 0.717) is 17.2 Å². The fourth-order valence-electron chi connectivity index (χ4n) is 2.91. The summed E-state index contributed by atoms with van der Waals surface area (Å²) in [5.41, 5.74) is 2.33. The van der Waals surface area contributed by atoms with Crippen molar-refractivity contribution in [2.24, 2.45) is 0 Å². The van der Waals surface area contributed by atoms with Crippen LogP contribution in [0.3, 0.4) is 0 Å². The van der Waals surface area contributed by atoms with Gasteiger partial charge < -0.3 is 20.3 Å². The number of likely N-dealkylation sites (N-methyl/N-ethyl adjacent to an activating group) is 1. The Morgan fingerprint density at radius 1 is 0.833 bits per heavy atom. The van der Waals surface area contributed by atoms with E-state index in [1.165, 1.54) is 4.90 Å². The van der Waals surface area contributed by atoms with E-state index < -0.39 is 6.03 Å². The molecule has 0 spiro atoms. The molecule has 30 heavy (non-hydrogen) atoms. The van der Waals surface area contributed by atoms with Crippen molar-refractivity contribution >= 4 is 23.3 Å². The van der Waals surface area contributed by atoms with E-state index >= 15 is 0 Å². The van der Waals surface area contributed by atoms with Crippen LogP contribution in [-0.2, 0) is 11.2 Å². The maximum Gasteiger partial charge on any atom is 0.322 e. The fourth-order valence-corrected chi connectivity index (χ4v) is 2.91. The number of amides is 3. The zero-order valence-electron chi connectivity index (χ0n) is 17.1. The van der Waals surface area contributed by atoms with E-state index in [-0.39, 0.29) is 12.5 Å². The van der Waals surface area contributed by atoms with Crippen LogP contribution in [0.1, 0.15) is 12.5 Å². The summed E-state index contributed by atoms with van der Waals surface area (Å²) in [4.78, 5) is 26.3. The molecule has 0 fully saturated rings. The first-order valence-corrected chi connectivity index (χ1v) is 9.78. The Morgan fingerprint density at radius 2 is 1.47 bits per heavy atom. The summed E-state index contributed by atoms with van der Waals surface area (Å²) >= 11 is 0.